The second kappa shape index (κ2) is 8.92. The van der Waals surface area contributed by atoms with Gasteiger partial charge in [-0.15, -0.1) is 0 Å². The molecule has 0 fully saturated rings. The standard InChI is InChI=1S/C19H30N2O3/c1-14(2)16(13-19(22)20-8-5-9-21(3)4)15-6-7-17-18(12-15)24-11-10-23-17/h6-7,12,14,16H,5,8-11,13H2,1-4H3,(H,20,22). The fourth-order valence-corrected chi connectivity index (χ4v) is 2.92. The predicted molar refractivity (Wildman–Crippen MR) is 95.8 cm³/mol. The molecule has 1 heterocycles. The number of ether oxygens (including phenoxy) is 2. The van der Waals surface area contributed by atoms with Crippen LogP contribution in [0.25, 0.3) is 0 Å². The molecule has 1 atom stereocenters. The first kappa shape index (κ1) is 18.6. The van der Waals surface area contributed by atoms with Gasteiger partial charge < -0.3 is 19.7 Å². The Morgan fingerprint density at radius 1 is 1.21 bits per heavy atom. The highest BCUT2D eigenvalue weighted by atomic mass is 16.6. The maximum Gasteiger partial charge on any atom is 0.220 e. The second-order valence-electron chi connectivity index (χ2n) is 6.96. The number of carbonyl (C=O) groups excluding carboxylic acids is 1. The quantitative estimate of drug-likeness (QED) is 0.743. The lowest BCUT2D eigenvalue weighted by Gasteiger charge is -2.24. The first-order chi connectivity index (χ1) is 11.5. The van der Waals surface area contributed by atoms with Crippen LogP contribution in [0.2, 0.25) is 0 Å². The van der Waals surface area contributed by atoms with E-state index in [4.69, 9.17) is 9.47 Å². The molecule has 5 heteroatoms. The van der Waals surface area contributed by atoms with E-state index in [1.807, 2.05) is 26.2 Å². The molecule has 0 aliphatic carbocycles. The fourth-order valence-electron chi connectivity index (χ4n) is 2.92. The predicted octanol–water partition coefficient (Wildman–Crippen LogP) is 2.66. The molecule has 1 aliphatic rings. The molecule has 0 radical (unpaired) electrons. The van der Waals surface area contributed by atoms with Gasteiger partial charge in [0.2, 0.25) is 5.91 Å². The van der Waals surface area contributed by atoms with Crippen molar-refractivity contribution in [2.75, 3.05) is 40.4 Å². The number of fused-ring (bicyclic) bond motifs is 1. The molecule has 24 heavy (non-hydrogen) atoms. The van der Waals surface area contributed by atoms with Gasteiger partial charge in [-0.2, -0.15) is 0 Å². The highest BCUT2D eigenvalue weighted by molar-refractivity contribution is 5.77. The van der Waals surface area contributed by atoms with Crippen molar-refractivity contribution < 1.29 is 14.3 Å². The highest BCUT2D eigenvalue weighted by Gasteiger charge is 2.22. The molecule has 1 aromatic carbocycles. The number of hydrogen-bond donors (Lipinski definition) is 1. The molecule has 2 rings (SSSR count). The number of hydrogen-bond acceptors (Lipinski definition) is 4. The molecule has 1 aromatic rings. The van der Waals surface area contributed by atoms with E-state index >= 15 is 0 Å². The van der Waals surface area contributed by atoms with Gasteiger partial charge in [0, 0.05) is 13.0 Å². The summed E-state index contributed by atoms with van der Waals surface area (Å²) in [5.41, 5.74) is 1.14. The smallest absolute Gasteiger partial charge is 0.220 e. The lowest BCUT2D eigenvalue weighted by Crippen LogP contribution is -2.29. The molecule has 0 saturated carbocycles. The molecule has 0 bridgehead atoms. The van der Waals surface area contributed by atoms with E-state index in [0.717, 1.165) is 36.6 Å². The van der Waals surface area contributed by atoms with Crippen molar-refractivity contribution in [2.24, 2.45) is 5.92 Å². The normalized spacial score (nSPS) is 14.8. The van der Waals surface area contributed by atoms with Crippen LogP contribution in [0.4, 0.5) is 0 Å². The van der Waals surface area contributed by atoms with E-state index in [-0.39, 0.29) is 11.8 Å². The van der Waals surface area contributed by atoms with Crippen LogP contribution in [-0.2, 0) is 4.79 Å². The van der Waals surface area contributed by atoms with Crippen molar-refractivity contribution in [3.63, 3.8) is 0 Å². The third kappa shape index (κ3) is 5.41. The summed E-state index contributed by atoms with van der Waals surface area (Å²) < 4.78 is 11.2. The van der Waals surface area contributed by atoms with E-state index < -0.39 is 0 Å². The maximum atomic E-state index is 12.3. The topological polar surface area (TPSA) is 50.8 Å². The molecule has 0 saturated heterocycles. The van der Waals surface area contributed by atoms with Crippen LogP contribution < -0.4 is 14.8 Å². The molecule has 1 amide bonds. The summed E-state index contributed by atoms with van der Waals surface area (Å²) in [7, 11) is 4.08. The summed E-state index contributed by atoms with van der Waals surface area (Å²) in [4.78, 5) is 14.4. The molecular formula is C19H30N2O3. The van der Waals surface area contributed by atoms with Crippen LogP contribution in [0.3, 0.4) is 0 Å². The lowest BCUT2D eigenvalue weighted by atomic mass is 9.85. The molecular weight excluding hydrogens is 304 g/mol. The number of nitrogens with one attached hydrogen (secondary N) is 1. The van der Waals surface area contributed by atoms with Gasteiger partial charge in [0.25, 0.3) is 0 Å². The zero-order chi connectivity index (χ0) is 17.5. The Morgan fingerprint density at radius 2 is 1.92 bits per heavy atom. The van der Waals surface area contributed by atoms with Crippen LogP contribution in [0, 0.1) is 5.92 Å². The first-order valence-corrected chi connectivity index (χ1v) is 8.78. The SMILES string of the molecule is CC(C)C(CC(=O)NCCCN(C)C)c1ccc2c(c1)OCCO2. The minimum Gasteiger partial charge on any atom is -0.486 e. The largest absolute Gasteiger partial charge is 0.486 e. The average Bonchev–Trinajstić information content (AvgIpc) is 2.55. The Morgan fingerprint density at radius 3 is 2.58 bits per heavy atom. The van der Waals surface area contributed by atoms with Crippen LogP contribution in [0.5, 0.6) is 11.5 Å². The molecule has 1 aliphatic heterocycles. The zero-order valence-corrected chi connectivity index (χ0v) is 15.3. The number of rotatable bonds is 8. The second-order valence-corrected chi connectivity index (χ2v) is 6.96. The lowest BCUT2D eigenvalue weighted by molar-refractivity contribution is -0.121. The molecule has 5 nitrogen and oxygen atoms in total. The summed E-state index contributed by atoms with van der Waals surface area (Å²) >= 11 is 0. The number of carbonyl (C=O) groups is 1. The van der Waals surface area contributed by atoms with E-state index in [0.29, 0.717) is 25.6 Å². The number of nitrogens with zero attached hydrogens (tertiary/aromatic N) is 1. The third-order valence-electron chi connectivity index (χ3n) is 4.31. The third-order valence-corrected chi connectivity index (χ3v) is 4.31. The summed E-state index contributed by atoms with van der Waals surface area (Å²) in [6, 6.07) is 6.03. The first-order valence-electron chi connectivity index (χ1n) is 8.78. The Bertz CT molecular complexity index is 543. The Balaban J connectivity index is 1.95. The van der Waals surface area contributed by atoms with E-state index in [1.165, 1.54) is 0 Å². The van der Waals surface area contributed by atoms with Crippen molar-refractivity contribution in [1.29, 1.82) is 0 Å². The van der Waals surface area contributed by atoms with Crippen LogP contribution in [0.15, 0.2) is 18.2 Å². The Labute approximate surface area is 145 Å². The van der Waals surface area contributed by atoms with Gasteiger partial charge in [-0.3, -0.25) is 4.79 Å². The van der Waals surface area contributed by atoms with Crippen LogP contribution in [0.1, 0.15) is 38.2 Å². The monoisotopic (exact) mass is 334 g/mol. The Kier molecular flexibility index (Phi) is 6.91. The Hall–Kier alpha value is -1.75. The minimum absolute atomic E-state index is 0.113. The van der Waals surface area contributed by atoms with Crippen molar-refractivity contribution in [2.45, 2.75) is 32.6 Å². The molecule has 0 spiro atoms. The van der Waals surface area contributed by atoms with Gasteiger partial charge in [-0.25, -0.2) is 0 Å². The van der Waals surface area contributed by atoms with Crippen molar-refractivity contribution >= 4 is 5.91 Å². The van der Waals surface area contributed by atoms with Crippen molar-refractivity contribution in [1.82, 2.24) is 10.2 Å². The van der Waals surface area contributed by atoms with Crippen molar-refractivity contribution in [3.05, 3.63) is 23.8 Å². The summed E-state index contributed by atoms with van der Waals surface area (Å²) in [5.74, 6) is 2.24. The van der Waals surface area contributed by atoms with E-state index in [9.17, 15) is 4.79 Å². The van der Waals surface area contributed by atoms with E-state index in [2.05, 4.69) is 30.1 Å². The summed E-state index contributed by atoms with van der Waals surface area (Å²) in [5, 5.41) is 3.03. The van der Waals surface area contributed by atoms with Gasteiger partial charge in [0.1, 0.15) is 13.2 Å². The van der Waals surface area contributed by atoms with Gasteiger partial charge in [-0.05, 0) is 56.6 Å². The van der Waals surface area contributed by atoms with E-state index in [1.54, 1.807) is 0 Å². The van der Waals surface area contributed by atoms with Crippen LogP contribution >= 0.6 is 0 Å². The van der Waals surface area contributed by atoms with Gasteiger partial charge >= 0.3 is 0 Å². The summed E-state index contributed by atoms with van der Waals surface area (Å²) in [6.07, 6.45) is 1.47. The molecule has 1 N–H and O–H groups in total. The minimum atomic E-state index is 0.113. The number of amides is 1. The zero-order valence-electron chi connectivity index (χ0n) is 15.3. The molecule has 0 aromatic heterocycles. The van der Waals surface area contributed by atoms with Gasteiger partial charge in [-0.1, -0.05) is 19.9 Å². The molecule has 134 valence electrons. The molecule has 1 unspecified atom stereocenters. The van der Waals surface area contributed by atoms with Crippen LogP contribution in [-0.4, -0.2) is 51.2 Å². The van der Waals surface area contributed by atoms with Gasteiger partial charge in [0.05, 0.1) is 0 Å². The maximum absolute atomic E-state index is 12.3. The fraction of sp³-hybridized carbons (Fsp3) is 0.632. The number of benzene rings is 1. The summed E-state index contributed by atoms with van der Waals surface area (Å²) in [6.45, 7) is 7.19. The average molecular weight is 334 g/mol. The highest BCUT2D eigenvalue weighted by Crippen LogP contribution is 2.36. The van der Waals surface area contributed by atoms with Crippen molar-refractivity contribution in [3.8, 4) is 11.5 Å². The van der Waals surface area contributed by atoms with Gasteiger partial charge in [0.15, 0.2) is 11.5 Å².